The summed E-state index contributed by atoms with van der Waals surface area (Å²) in [5.41, 5.74) is 3.27. The molecule has 0 spiro atoms. The molecule has 4 N–H and O–H groups in total. The van der Waals surface area contributed by atoms with Gasteiger partial charge in [0, 0.05) is 12.8 Å². The highest BCUT2D eigenvalue weighted by Gasteiger charge is 2.18. The Morgan fingerprint density at radius 1 is 0.619 bits per heavy atom. The van der Waals surface area contributed by atoms with Crippen molar-refractivity contribution in [2.24, 2.45) is 0 Å². The van der Waals surface area contributed by atoms with E-state index in [4.69, 9.17) is 9.47 Å². The van der Waals surface area contributed by atoms with Gasteiger partial charge in [0.05, 0.1) is 13.1 Å². The quantitative estimate of drug-likeness (QED) is 0.168. The summed E-state index contributed by atoms with van der Waals surface area (Å²) in [6.07, 6.45) is 0.991. The van der Waals surface area contributed by atoms with E-state index in [2.05, 4.69) is 10.6 Å². The number of hydrogen-bond acceptors (Lipinski definition) is 8. The molecule has 230 valence electrons. The molecule has 2 rings (SSSR count). The van der Waals surface area contributed by atoms with Crippen molar-refractivity contribution in [2.75, 3.05) is 26.3 Å². The fraction of sp³-hybridized carbons (Fsp3) is 0.500. The van der Waals surface area contributed by atoms with Crippen LogP contribution in [0.1, 0.15) is 76.6 Å². The molecule has 0 atom stereocenters. The van der Waals surface area contributed by atoms with Crippen LogP contribution < -0.4 is 10.6 Å². The van der Waals surface area contributed by atoms with Crippen molar-refractivity contribution in [1.29, 1.82) is 0 Å². The second-order valence-corrected chi connectivity index (χ2v) is 12.2. The van der Waals surface area contributed by atoms with Crippen LogP contribution in [0, 0.1) is 0 Å². The maximum Gasteiger partial charge on any atom is 0.309 e. The number of hydrogen-bond donors (Lipinski definition) is 4. The smallest absolute Gasteiger partial charge is 0.309 e. The standard InChI is InChI=1S/C32H44N2O8/c1-31(2,3)23-15-21(17-25(35)19-23)7-9-27(37)41-13-11-33-29(39)30(40)34-12-14-42-28(38)10-8-22-16-24(32(4,5)6)20-26(36)18-22/h15-20,35-36H,7-14H2,1-6H3,(H,33,39)(H,34,40). The van der Waals surface area contributed by atoms with E-state index in [0.29, 0.717) is 12.8 Å². The van der Waals surface area contributed by atoms with Crippen molar-refractivity contribution in [3.05, 3.63) is 58.7 Å². The summed E-state index contributed by atoms with van der Waals surface area (Å²) in [4.78, 5) is 48.0. The number of nitrogens with one attached hydrogen (secondary N) is 2. The normalized spacial score (nSPS) is 11.5. The zero-order valence-corrected chi connectivity index (χ0v) is 25.5. The number of carbonyl (C=O) groups excluding carboxylic acids is 4. The van der Waals surface area contributed by atoms with Gasteiger partial charge >= 0.3 is 23.8 Å². The molecular formula is C32H44N2O8. The van der Waals surface area contributed by atoms with Crippen molar-refractivity contribution < 1.29 is 38.9 Å². The SMILES string of the molecule is CC(C)(C)c1cc(O)cc(CCC(=O)OCCNC(=O)C(=O)NCCOC(=O)CCc2cc(O)cc(C(C)(C)C)c2)c1. The van der Waals surface area contributed by atoms with E-state index in [-0.39, 0.29) is 61.5 Å². The number of benzene rings is 2. The highest BCUT2D eigenvalue weighted by atomic mass is 16.5. The van der Waals surface area contributed by atoms with Gasteiger partial charge in [-0.15, -0.1) is 0 Å². The summed E-state index contributed by atoms with van der Waals surface area (Å²) in [6, 6.07) is 10.5. The number of aromatic hydroxyl groups is 2. The first-order valence-corrected chi connectivity index (χ1v) is 14.1. The van der Waals surface area contributed by atoms with Gasteiger partial charge in [-0.2, -0.15) is 0 Å². The Bertz CT molecular complexity index is 1160. The number of rotatable bonds is 12. The first-order valence-electron chi connectivity index (χ1n) is 14.1. The van der Waals surface area contributed by atoms with Gasteiger partial charge in [-0.3, -0.25) is 19.2 Å². The monoisotopic (exact) mass is 584 g/mol. The number of esters is 2. The first kappa shape index (κ1) is 34.1. The zero-order valence-electron chi connectivity index (χ0n) is 25.5. The lowest BCUT2D eigenvalue weighted by Gasteiger charge is -2.20. The molecular weight excluding hydrogens is 540 g/mol. The zero-order chi connectivity index (χ0) is 31.5. The van der Waals surface area contributed by atoms with Crippen molar-refractivity contribution in [3.63, 3.8) is 0 Å². The Hall–Kier alpha value is -4.08. The van der Waals surface area contributed by atoms with Crippen LogP contribution in [0.2, 0.25) is 0 Å². The van der Waals surface area contributed by atoms with Gasteiger partial charge in [-0.1, -0.05) is 53.7 Å². The van der Waals surface area contributed by atoms with Gasteiger partial charge in [-0.05, 0) is 70.2 Å². The fourth-order valence-electron chi connectivity index (χ4n) is 3.96. The number of phenols is 2. The average molecular weight is 585 g/mol. The van der Waals surface area contributed by atoms with E-state index in [9.17, 15) is 29.4 Å². The average Bonchev–Trinajstić information content (AvgIpc) is 2.89. The van der Waals surface area contributed by atoms with E-state index in [1.807, 2.05) is 53.7 Å². The molecule has 0 heterocycles. The highest BCUT2D eigenvalue weighted by molar-refractivity contribution is 6.35. The van der Waals surface area contributed by atoms with Crippen molar-refractivity contribution >= 4 is 23.8 Å². The summed E-state index contributed by atoms with van der Waals surface area (Å²) in [5, 5.41) is 24.7. The second-order valence-electron chi connectivity index (χ2n) is 12.2. The molecule has 0 fully saturated rings. The Morgan fingerprint density at radius 3 is 1.31 bits per heavy atom. The van der Waals surface area contributed by atoms with Crippen LogP contribution in [-0.4, -0.2) is 60.3 Å². The number of ether oxygens (including phenoxy) is 2. The fourth-order valence-corrected chi connectivity index (χ4v) is 3.96. The molecule has 0 bridgehead atoms. The third-order valence-electron chi connectivity index (χ3n) is 6.43. The van der Waals surface area contributed by atoms with Crippen LogP contribution in [0.15, 0.2) is 36.4 Å². The molecule has 0 aliphatic rings. The lowest BCUT2D eigenvalue weighted by molar-refractivity contribution is -0.145. The van der Waals surface area contributed by atoms with Crippen molar-refractivity contribution in [3.8, 4) is 11.5 Å². The molecule has 0 saturated heterocycles. The predicted molar refractivity (Wildman–Crippen MR) is 158 cm³/mol. The van der Waals surface area contributed by atoms with Gasteiger partial charge in [0.1, 0.15) is 24.7 Å². The van der Waals surface area contributed by atoms with Crippen molar-refractivity contribution in [1.82, 2.24) is 10.6 Å². The summed E-state index contributed by atoms with van der Waals surface area (Å²) < 4.78 is 10.2. The van der Waals surface area contributed by atoms with Gasteiger partial charge < -0.3 is 30.3 Å². The van der Waals surface area contributed by atoms with Gasteiger partial charge in [0.15, 0.2) is 0 Å². The van der Waals surface area contributed by atoms with E-state index >= 15 is 0 Å². The molecule has 0 saturated carbocycles. The second kappa shape index (κ2) is 15.2. The molecule has 0 aliphatic heterocycles. The van der Waals surface area contributed by atoms with Crippen LogP contribution in [-0.2, 0) is 52.3 Å². The molecule has 2 aromatic rings. The summed E-state index contributed by atoms with van der Waals surface area (Å²) in [7, 11) is 0. The first-order chi connectivity index (χ1) is 19.5. The molecule has 0 aliphatic carbocycles. The van der Waals surface area contributed by atoms with Crippen LogP contribution in [0.3, 0.4) is 0 Å². The summed E-state index contributed by atoms with van der Waals surface area (Å²) in [6.45, 7) is 11.9. The summed E-state index contributed by atoms with van der Waals surface area (Å²) in [5.74, 6) is -2.44. The predicted octanol–water partition coefficient (Wildman–Crippen LogP) is 3.58. The molecule has 0 aromatic heterocycles. The third-order valence-corrected chi connectivity index (χ3v) is 6.43. The molecule has 2 aromatic carbocycles. The molecule has 10 heteroatoms. The highest BCUT2D eigenvalue weighted by Crippen LogP contribution is 2.28. The van der Waals surface area contributed by atoms with Gasteiger partial charge in [0.25, 0.3) is 0 Å². The maximum absolute atomic E-state index is 12.1. The third kappa shape index (κ3) is 12.2. The molecule has 0 radical (unpaired) electrons. The minimum absolute atomic E-state index is 0.0424. The number of carbonyl (C=O) groups is 4. The topological polar surface area (TPSA) is 151 Å². The van der Waals surface area contributed by atoms with E-state index < -0.39 is 23.8 Å². The Balaban J connectivity index is 1.60. The Morgan fingerprint density at radius 2 is 0.976 bits per heavy atom. The Kier molecular flexibility index (Phi) is 12.4. The van der Waals surface area contributed by atoms with Crippen LogP contribution in [0.5, 0.6) is 11.5 Å². The minimum atomic E-state index is -0.898. The molecule has 10 nitrogen and oxygen atoms in total. The largest absolute Gasteiger partial charge is 0.508 e. The number of aryl methyl sites for hydroxylation is 2. The van der Waals surface area contributed by atoms with Crippen LogP contribution in [0.4, 0.5) is 0 Å². The lowest BCUT2D eigenvalue weighted by Crippen LogP contribution is -2.42. The van der Waals surface area contributed by atoms with E-state index in [1.165, 1.54) is 0 Å². The minimum Gasteiger partial charge on any atom is -0.508 e. The van der Waals surface area contributed by atoms with E-state index in [1.54, 1.807) is 24.3 Å². The van der Waals surface area contributed by atoms with Crippen LogP contribution >= 0.6 is 0 Å². The van der Waals surface area contributed by atoms with Crippen LogP contribution in [0.25, 0.3) is 0 Å². The maximum atomic E-state index is 12.1. The van der Waals surface area contributed by atoms with Crippen molar-refractivity contribution in [2.45, 2.75) is 78.1 Å². The van der Waals surface area contributed by atoms with E-state index in [0.717, 1.165) is 22.3 Å². The lowest BCUT2D eigenvalue weighted by atomic mass is 9.85. The van der Waals surface area contributed by atoms with Gasteiger partial charge in [0.2, 0.25) is 0 Å². The number of amides is 2. The molecule has 2 amide bonds. The Labute approximate surface area is 247 Å². The molecule has 0 unspecified atom stereocenters. The summed E-state index contributed by atoms with van der Waals surface area (Å²) >= 11 is 0. The molecule has 42 heavy (non-hydrogen) atoms. The number of phenolic OH excluding ortho intramolecular Hbond substituents is 2. The van der Waals surface area contributed by atoms with Gasteiger partial charge in [-0.25, -0.2) is 0 Å².